The van der Waals surface area contributed by atoms with Gasteiger partial charge in [0.05, 0.1) is 12.3 Å². The molecule has 0 spiro atoms. The Morgan fingerprint density at radius 1 is 1.29 bits per heavy atom. The Hall–Kier alpha value is -2.06. The molecule has 2 aromatic rings. The monoisotopic (exact) mass is 304 g/mol. The van der Waals surface area contributed by atoms with Gasteiger partial charge in [0.25, 0.3) is 0 Å². The summed E-state index contributed by atoms with van der Waals surface area (Å²) in [7, 11) is 0. The van der Waals surface area contributed by atoms with Crippen LogP contribution in [0.4, 0.5) is 0 Å². The maximum atomic E-state index is 8.92. The number of benzene rings is 1. The average Bonchev–Trinajstić information content (AvgIpc) is 2.90. The molecule has 0 bridgehead atoms. The number of nitriles is 1. The van der Waals surface area contributed by atoms with Crippen molar-refractivity contribution in [3.05, 3.63) is 40.7 Å². The summed E-state index contributed by atoms with van der Waals surface area (Å²) in [6.07, 6.45) is 2.60. The topological polar surface area (TPSA) is 63.7 Å². The van der Waals surface area contributed by atoms with Crippen LogP contribution in [0.3, 0.4) is 0 Å². The fourth-order valence-corrected chi connectivity index (χ4v) is 2.16. The molecule has 0 amide bonds. The van der Waals surface area contributed by atoms with Crippen molar-refractivity contribution < 1.29 is 4.74 Å². The number of aryl methyl sites for hydroxylation is 1. The molecule has 0 aliphatic heterocycles. The zero-order chi connectivity index (χ0) is 15.1. The third-order valence-corrected chi connectivity index (χ3v) is 3.38. The van der Waals surface area contributed by atoms with Crippen LogP contribution in [-0.4, -0.2) is 21.6 Å². The maximum absolute atomic E-state index is 8.92. The molecule has 0 N–H and O–H groups in total. The Kier molecular flexibility index (Phi) is 5.59. The Bertz CT molecular complexity index is 616. The smallest absolute Gasteiger partial charge is 0.185 e. The molecule has 6 heteroatoms. The van der Waals surface area contributed by atoms with E-state index in [4.69, 9.17) is 21.6 Å². The first-order chi connectivity index (χ1) is 10.2. The SMILES string of the molecule is CCc1c(C#N)nnn1CCCCOc1ccc(Cl)cc1. The number of halogens is 1. The number of ether oxygens (including phenoxy) is 1. The van der Waals surface area contributed by atoms with Crippen molar-refractivity contribution in [2.24, 2.45) is 0 Å². The molecule has 0 saturated heterocycles. The number of unbranched alkanes of at least 4 members (excludes halogenated alkanes) is 1. The van der Waals surface area contributed by atoms with Gasteiger partial charge in [-0.05, 0) is 43.5 Å². The van der Waals surface area contributed by atoms with Crippen LogP contribution in [0.25, 0.3) is 0 Å². The van der Waals surface area contributed by atoms with Crippen molar-refractivity contribution in [2.75, 3.05) is 6.61 Å². The van der Waals surface area contributed by atoms with E-state index in [-0.39, 0.29) is 0 Å². The predicted octanol–water partition coefficient (Wildman–Crippen LogP) is 3.22. The third kappa shape index (κ3) is 4.20. The Labute approximate surface area is 129 Å². The molecule has 0 saturated carbocycles. The second kappa shape index (κ2) is 7.65. The number of hydrogen-bond donors (Lipinski definition) is 0. The van der Waals surface area contributed by atoms with Gasteiger partial charge in [-0.15, -0.1) is 5.10 Å². The van der Waals surface area contributed by atoms with E-state index in [0.717, 1.165) is 37.3 Å². The van der Waals surface area contributed by atoms with E-state index in [1.165, 1.54) is 0 Å². The minimum Gasteiger partial charge on any atom is -0.494 e. The van der Waals surface area contributed by atoms with Crippen molar-refractivity contribution >= 4 is 11.6 Å². The average molecular weight is 305 g/mol. The van der Waals surface area contributed by atoms with Crippen LogP contribution in [0.15, 0.2) is 24.3 Å². The Balaban J connectivity index is 1.74. The highest BCUT2D eigenvalue weighted by Crippen LogP contribution is 2.15. The Morgan fingerprint density at radius 2 is 2.05 bits per heavy atom. The summed E-state index contributed by atoms with van der Waals surface area (Å²) in [5.41, 5.74) is 1.33. The van der Waals surface area contributed by atoms with Crippen LogP contribution in [0.2, 0.25) is 5.02 Å². The molecule has 1 aromatic heterocycles. The third-order valence-electron chi connectivity index (χ3n) is 3.13. The van der Waals surface area contributed by atoms with Crippen molar-refractivity contribution in [3.8, 4) is 11.8 Å². The van der Waals surface area contributed by atoms with Crippen molar-refractivity contribution in [1.82, 2.24) is 15.0 Å². The van der Waals surface area contributed by atoms with E-state index in [1.54, 1.807) is 4.68 Å². The maximum Gasteiger partial charge on any atom is 0.185 e. The molecular formula is C15H17ClN4O. The highest BCUT2D eigenvalue weighted by atomic mass is 35.5. The molecule has 0 unspecified atom stereocenters. The van der Waals surface area contributed by atoms with Gasteiger partial charge in [0.15, 0.2) is 5.69 Å². The van der Waals surface area contributed by atoms with Crippen molar-refractivity contribution in [2.45, 2.75) is 32.7 Å². The van der Waals surface area contributed by atoms with Gasteiger partial charge in [0.1, 0.15) is 11.8 Å². The summed E-state index contributed by atoms with van der Waals surface area (Å²) >= 11 is 5.81. The highest BCUT2D eigenvalue weighted by Gasteiger charge is 2.09. The minimum atomic E-state index is 0.426. The van der Waals surface area contributed by atoms with E-state index in [2.05, 4.69) is 16.4 Å². The zero-order valence-electron chi connectivity index (χ0n) is 11.9. The molecule has 5 nitrogen and oxygen atoms in total. The first-order valence-electron chi connectivity index (χ1n) is 6.95. The summed E-state index contributed by atoms with van der Waals surface area (Å²) in [6.45, 7) is 3.39. The summed E-state index contributed by atoms with van der Waals surface area (Å²) in [5, 5.41) is 17.5. The number of hydrogen-bond acceptors (Lipinski definition) is 4. The first kappa shape index (κ1) is 15.3. The minimum absolute atomic E-state index is 0.426. The molecule has 21 heavy (non-hydrogen) atoms. The summed E-state index contributed by atoms with van der Waals surface area (Å²) in [5.74, 6) is 0.821. The van der Waals surface area contributed by atoms with Gasteiger partial charge < -0.3 is 4.74 Å². The lowest BCUT2D eigenvalue weighted by atomic mass is 10.2. The van der Waals surface area contributed by atoms with Gasteiger partial charge in [0, 0.05) is 11.6 Å². The molecule has 0 fully saturated rings. The molecule has 0 atom stereocenters. The van der Waals surface area contributed by atoms with Gasteiger partial charge in [-0.25, -0.2) is 4.68 Å². The molecular weight excluding hydrogens is 288 g/mol. The van der Waals surface area contributed by atoms with E-state index in [0.29, 0.717) is 17.3 Å². The van der Waals surface area contributed by atoms with Gasteiger partial charge in [-0.1, -0.05) is 23.7 Å². The van der Waals surface area contributed by atoms with Crippen LogP contribution in [-0.2, 0) is 13.0 Å². The molecule has 0 radical (unpaired) electrons. The van der Waals surface area contributed by atoms with Gasteiger partial charge in [-0.3, -0.25) is 0 Å². The molecule has 0 aliphatic carbocycles. The summed E-state index contributed by atoms with van der Waals surface area (Å²) in [4.78, 5) is 0. The molecule has 0 aliphatic rings. The van der Waals surface area contributed by atoms with Crippen LogP contribution in [0, 0.1) is 11.3 Å². The lowest BCUT2D eigenvalue weighted by molar-refractivity contribution is 0.301. The van der Waals surface area contributed by atoms with E-state index in [1.807, 2.05) is 31.2 Å². The van der Waals surface area contributed by atoms with Crippen molar-refractivity contribution in [3.63, 3.8) is 0 Å². The lowest BCUT2D eigenvalue weighted by Gasteiger charge is -2.07. The number of nitrogens with zero attached hydrogens (tertiary/aromatic N) is 4. The standard InChI is InChI=1S/C15H17ClN4O/c1-2-15-14(11-17)18-19-20(15)9-3-4-10-21-13-7-5-12(16)6-8-13/h5-8H,2-4,9-10H2,1H3. The molecule has 110 valence electrons. The quantitative estimate of drug-likeness (QED) is 0.737. The molecule has 2 rings (SSSR count). The van der Waals surface area contributed by atoms with Crippen LogP contribution >= 0.6 is 11.6 Å². The van der Waals surface area contributed by atoms with E-state index in [9.17, 15) is 0 Å². The number of rotatable bonds is 7. The van der Waals surface area contributed by atoms with E-state index < -0.39 is 0 Å². The predicted molar refractivity (Wildman–Crippen MR) is 80.3 cm³/mol. The fourth-order valence-electron chi connectivity index (χ4n) is 2.03. The van der Waals surface area contributed by atoms with Crippen LogP contribution in [0.1, 0.15) is 31.2 Å². The zero-order valence-corrected chi connectivity index (χ0v) is 12.7. The first-order valence-corrected chi connectivity index (χ1v) is 7.33. The Morgan fingerprint density at radius 3 is 2.71 bits per heavy atom. The van der Waals surface area contributed by atoms with Crippen LogP contribution in [0.5, 0.6) is 5.75 Å². The van der Waals surface area contributed by atoms with Gasteiger partial charge in [-0.2, -0.15) is 5.26 Å². The number of aromatic nitrogens is 3. The lowest BCUT2D eigenvalue weighted by Crippen LogP contribution is -2.07. The largest absolute Gasteiger partial charge is 0.494 e. The normalized spacial score (nSPS) is 10.3. The van der Waals surface area contributed by atoms with E-state index >= 15 is 0 Å². The molecule has 1 aromatic carbocycles. The van der Waals surface area contributed by atoms with Crippen LogP contribution < -0.4 is 4.74 Å². The van der Waals surface area contributed by atoms with Gasteiger partial charge >= 0.3 is 0 Å². The van der Waals surface area contributed by atoms with Gasteiger partial charge in [0.2, 0.25) is 0 Å². The highest BCUT2D eigenvalue weighted by molar-refractivity contribution is 6.30. The summed E-state index contributed by atoms with van der Waals surface area (Å²) in [6, 6.07) is 9.39. The molecule has 1 heterocycles. The second-order valence-electron chi connectivity index (χ2n) is 4.58. The second-order valence-corrected chi connectivity index (χ2v) is 5.02. The summed E-state index contributed by atoms with van der Waals surface area (Å²) < 4.78 is 7.43. The van der Waals surface area contributed by atoms with Crippen molar-refractivity contribution in [1.29, 1.82) is 5.26 Å². The fraction of sp³-hybridized carbons (Fsp3) is 0.400.